The van der Waals surface area contributed by atoms with E-state index in [1.165, 1.54) is 10.9 Å². The molecule has 8 heteroatoms. The van der Waals surface area contributed by atoms with Gasteiger partial charge in [-0.25, -0.2) is 4.68 Å². The monoisotopic (exact) mass is 415 g/mol. The van der Waals surface area contributed by atoms with Crippen LogP contribution in [0.4, 0.5) is 5.82 Å². The van der Waals surface area contributed by atoms with E-state index in [0.29, 0.717) is 18.9 Å². The average molecular weight is 416 g/mol. The van der Waals surface area contributed by atoms with Crippen LogP contribution in [0.25, 0.3) is 16.7 Å². The van der Waals surface area contributed by atoms with Crippen LogP contribution in [0.5, 0.6) is 0 Å². The molecule has 0 radical (unpaired) electrons. The number of H-pyrrole nitrogens is 1. The number of amides is 1. The van der Waals surface area contributed by atoms with Crippen molar-refractivity contribution in [3.8, 4) is 5.82 Å². The fourth-order valence-electron chi connectivity index (χ4n) is 4.22. The molecule has 4 heterocycles. The van der Waals surface area contributed by atoms with E-state index < -0.39 is 0 Å². The second-order valence-electron chi connectivity index (χ2n) is 7.89. The number of carbonyl (C=O) groups excluding carboxylic acids is 1. The van der Waals surface area contributed by atoms with Crippen molar-refractivity contribution in [3.05, 3.63) is 66.6 Å². The van der Waals surface area contributed by atoms with Gasteiger partial charge in [-0.15, -0.1) is 10.2 Å². The summed E-state index contributed by atoms with van der Waals surface area (Å²) in [7, 11) is 0. The zero-order chi connectivity index (χ0) is 21.0. The number of hydrogen-bond donors (Lipinski definition) is 2. The number of benzene rings is 1. The number of anilines is 1. The van der Waals surface area contributed by atoms with Gasteiger partial charge in [-0.1, -0.05) is 18.2 Å². The van der Waals surface area contributed by atoms with Crippen molar-refractivity contribution < 1.29 is 4.79 Å². The summed E-state index contributed by atoms with van der Waals surface area (Å²) in [6.45, 7) is 2.18. The molecule has 2 N–H and O–H groups in total. The van der Waals surface area contributed by atoms with Crippen LogP contribution in [-0.2, 0) is 11.2 Å². The number of nitrogens with one attached hydrogen (secondary N) is 2. The zero-order valence-electron chi connectivity index (χ0n) is 17.2. The van der Waals surface area contributed by atoms with Crippen LogP contribution in [0.2, 0.25) is 0 Å². The number of hydrogen-bond acceptors (Lipinski definition) is 5. The topological polar surface area (TPSA) is 91.7 Å². The summed E-state index contributed by atoms with van der Waals surface area (Å²) in [5.74, 6) is 1.56. The summed E-state index contributed by atoms with van der Waals surface area (Å²) in [4.78, 5) is 18.2. The number of carbonyl (C=O) groups is 1. The molecule has 158 valence electrons. The molecule has 31 heavy (non-hydrogen) atoms. The minimum absolute atomic E-state index is 0.0377. The highest BCUT2D eigenvalue weighted by atomic mass is 16.1. The maximum Gasteiger partial charge on any atom is 0.224 e. The van der Waals surface area contributed by atoms with Crippen LogP contribution in [0, 0.1) is 5.92 Å². The third-order valence-electron chi connectivity index (χ3n) is 5.86. The fraction of sp³-hybridized carbons (Fsp3) is 0.304. The van der Waals surface area contributed by atoms with Gasteiger partial charge in [-0.3, -0.25) is 4.79 Å². The van der Waals surface area contributed by atoms with Crippen molar-refractivity contribution in [3.63, 3.8) is 0 Å². The van der Waals surface area contributed by atoms with Crippen molar-refractivity contribution in [1.29, 1.82) is 0 Å². The molecule has 3 aromatic heterocycles. The SMILES string of the molecule is O=C(NCCc1c[nH]c2ccccc12)C1CCCN(c2ccc(-n3cccn3)nn2)C1. The lowest BCUT2D eigenvalue weighted by atomic mass is 9.97. The lowest BCUT2D eigenvalue weighted by Gasteiger charge is -2.32. The molecule has 1 aromatic carbocycles. The van der Waals surface area contributed by atoms with Crippen LogP contribution in [0.3, 0.4) is 0 Å². The van der Waals surface area contributed by atoms with Gasteiger partial charge in [0.05, 0.1) is 5.92 Å². The first kappa shape index (κ1) is 19.3. The first-order chi connectivity index (χ1) is 15.3. The highest BCUT2D eigenvalue weighted by Crippen LogP contribution is 2.22. The summed E-state index contributed by atoms with van der Waals surface area (Å²) in [5.41, 5.74) is 2.36. The Hall–Kier alpha value is -3.68. The molecule has 0 aliphatic carbocycles. The standard InChI is InChI=1S/C23H25N7O/c31-23(24-12-10-17-15-25-20-7-2-1-6-19(17)20)18-5-3-13-29(16-18)21-8-9-22(28-27-21)30-14-4-11-26-30/h1-2,4,6-9,11,14-15,18,25H,3,5,10,12-13,16H2,(H,24,31). The summed E-state index contributed by atoms with van der Waals surface area (Å²) in [5, 5.41) is 17.2. The van der Waals surface area contributed by atoms with E-state index >= 15 is 0 Å². The highest BCUT2D eigenvalue weighted by molar-refractivity contribution is 5.83. The Labute approximate surface area is 180 Å². The fourth-order valence-corrected chi connectivity index (χ4v) is 4.22. The molecule has 5 rings (SSSR count). The normalized spacial score (nSPS) is 16.5. The van der Waals surface area contributed by atoms with Gasteiger partial charge in [-0.05, 0) is 49.1 Å². The third kappa shape index (κ3) is 4.14. The minimum atomic E-state index is -0.0377. The lowest BCUT2D eigenvalue weighted by Crippen LogP contribution is -2.43. The molecule has 1 saturated heterocycles. The molecule has 1 atom stereocenters. The largest absolute Gasteiger partial charge is 0.361 e. The van der Waals surface area contributed by atoms with E-state index in [0.717, 1.165) is 37.1 Å². The summed E-state index contributed by atoms with van der Waals surface area (Å²) in [6, 6.07) is 13.9. The van der Waals surface area contributed by atoms with Crippen LogP contribution >= 0.6 is 0 Å². The highest BCUT2D eigenvalue weighted by Gasteiger charge is 2.26. The molecule has 1 aliphatic rings. The van der Waals surface area contributed by atoms with Crippen molar-refractivity contribution in [2.45, 2.75) is 19.3 Å². The molecular formula is C23H25N7O. The van der Waals surface area contributed by atoms with Gasteiger partial charge < -0.3 is 15.2 Å². The van der Waals surface area contributed by atoms with Gasteiger partial charge in [-0.2, -0.15) is 5.10 Å². The molecule has 1 aliphatic heterocycles. The number of fused-ring (bicyclic) bond motifs is 1. The van der Waals surface area contributed by atoms with Crippen molar-refractivity contribution in [2.75, 3.05) is 24.5 Å². The minimum Gasteiger partial charge on any atom is -0.361 e. The van der Waals surface area contributed by atoms with Crippen LogP contribution < -0.4 is 10.2 Å². The predicted molar refractivity (Wildman–Crippen MR) is 119 cm³/mol. The third-order valence-corrected chi connectivity index (χ3v) is 5.86. The summed E-state index contributed by atoms with van der Waals surface area (Å²) < 4.78 is 1.68. The van der Waals surface area contributed by atoms with Crippen molar-refractivity contribution in [1.82, 2.24) is 30.3 Å². The van der Waals surface area contributed by atoms with E-state index in [1.54, 1.807) is 10.9 Å². The van der Waals surface area contributed by atoms with Gasteiger partial charge in [0.25, 0.3) is 0 Å². The van der Waals surface area contributed by atoms with Crippen molar-refractivity contribution in [2.24, 2.45) is 5.92 Å². The number of piperidine rings is 1. The number of aromatic amines is 1. The van der Waals surface area contributed by atoms with E-state index in [4.69, 9.17) is 0 Å². The second-order valence-corrected chi connectivity index (χ2v) is 7.89. The first-order valence-electron chi connectivity index (χ1n) is 10.7. The maximum absolute atomic E-state index is 12.8. The Kier molecular flexibility index (Phi) is 5.35. The maximum atomic E-state index is 12.8. The molecule has 0 bridgehead atoms. The van der Waals surface area contributed by atoms with Gasteiger partial charge in [0.2, 0.25) is 5.91 Å². The number of para-hydroxylation sites is 1. The summed E-state index contributed by atoms with van der Waals surface area (Å²) in [6.07, 6.45) is 8.25. The average Bonchev–Trinajstić information content (AvgIpc) is 3.50. The Balaban J connectivity index is 1.16. The number of rotatable bonds is 6. The quantitative estimate of drug-likeness (QED) is 0.505. The second kappa shape index (κ2) is 8.59. The molecular weight excluding hydrogens is 390 g/mol. The molecule has 8 nitrogen and oxygen atoms in total. The van der Waals surface area contributed by atoms with E-state index in [1.807, 2.05) is 42.7 Å². The molecule has 4 aromatic rings. The van der Waals surface area contributed by atoms with Crippen molar-refractivity contribution >= 4 is 22.6 Å². The van der Waals surface area contributed by atoms with Gasteiger partial charge in [0.1, 0.15) is 0 Å². The number of nitrogens with zero attached hydrogens (tertiary/aromatic N) is 5. The Morgan fingerprint density at radius 2 is 2.00 bits per heavy atom. The molecule has 1 fully saturated rings. The van der Waals surface area contributed by atoms with Crippen LogP contribution in [0.1, 0.15) is 18.4 Å². The number of aromatic nitrogens is 5. The Morgan fingerprint density at radius 3 is 2.84 bits per heavy atom. The smallest absolute Gasteiger partial charge is 0.224 e. The van der Waals surface area contributed by atoms with Gasteiger partial charge in [0, 0.05) is 49.1 Å². The van der Waals surface area contributed by atoms with Gasteiger partial charge in [0.15, 0.2) is 11.6 Å². The predicted octanol–water partition coefficient (Wildman–Crippen LogP) is 2.72. The van der Waals surface area contributed by atoms with Crippen LogP contribution in [0.15, 0.2) is 61.1 Å². The molecule has 1 amide bonds. The Morgan fingerprint density at radius 1 is 1.13 bits per heavy atom. The van der Waals surface area contributed by atoms with Crippen LogP contribution in [-0.4, -0.2) is 50.5 Å². The molecule has 1 unspecified atom stereocenters. The Bertz CT molecular complexity index is 1150. The molecule has 0 saturated carbocycles. The first-order valence-corrected chi connectivity index (χ1v) is 10.7. The summed E-state index contributed by atoms with van der Waals surface area (Å²) >= 11 is 0. The van der Waals surface area contributed by atoms with E-state index in [-0.39, 0.29) is 11.8 Å². The zero-order valence-corrected chi connectivity index (χ0v) is 17.2. The van der Waals surface area contributed by atoms with E-state index in [2.05, 4.69) is 42.6 Å². The van der Waals surface area contributed by atoms with Gasteiger partial charge >= 0.3 is 0 Å². The lowest BCUT2D eigenvalue weighted by molar-refractivity contribution is -0.125. The van der Waals surface area contributed by atoms with E-state index in [9.17, 15) is 4.79 Å². The molecule has 0 spiro atoms.